The summed E-state index contributed by atoms with van der Waals surface area (Å²) >= 11 is 1.62. The van der Waals surface area contributed by atoms with Gasteiger partial charge in [-0.3, -0.25) is 4.79 Å². The topological polar surface area (TPSA) is 45.2 Å². The highest BCUT2D eigenvalue weighted by Crippen LogP contribution is 2.30. The minimum atomic E-state index is -0.235. The van der Waals surface area contributed by atoms with E-state index in [0.717, 1.165) is 48.9 Å². The fraction of sp³-hybridized carbons (Fsp3) is 0.412. The number of carbonyl (C=O) groups is 1. The maximum absolute atomic E-state index is 13.0. The number of thiazole rings is 1. The van der Waals surface area contributed by atoms with Crippen molar-refractivity contribution in [3.05, 3.63) is 35.5 Å². The molecule has 3 rings (SSSR count). The zero-order valence-corrected chi connectivity index (χ0v) is 13.9. The van der Waals surface area contributed by atoms with E-state index < -0.39 is 0 Å². The lowest BCUT2D eigenvalue weighted by Gasteiger charge is -2.32. The van der Waals surface area contributed by atoms with E-state index in [1.807, 2.05) is 5.38 Å². The smallest absolute Gasteiger partial charge is 0.216 e. The SMILES string of the molecule is CC(=O)NCC1CCCN(c2nc(-c3ccc(F)cc3)cs2)C1. The van der Waals surface area contributed by atoms with Crippen LogP contribution in [0, 0.1) is 11.7 Å². The van der Waals surface area contributed by atoms with E-state index in [9.17, 15) is 9.18 Å². The number of amides is 1. The van der Waals surface area contributed by atoms with E-state index in [-0.39, 0.29) is 11.7 Å². The highest BCUT2D eigenvalue weighted by Gasteiger charge is 2.22. The highest BCUT2D eigenvalue weighted by molar-refractivity contribution is 7.14. The Balaban J connectivity index is 1.67. The molecule has 1 aromatic carbocycles. The van der Waals surface area contributed by atoms with Crippen molar-refractivity contribution in [1.82, 2.24) is 10.3 Å². The minimum Gasteiger partial charge on any atom is -0.356 e. The zero-order chi connectivity index (χ0) is 16.2. The van der Waals surface area contributed by atoms with Gasteiger partial charge in [0, 0.05) is 37.5 Å². The van der Waals surface area contributed by atoms with Crippen LogP contribution >= 0.6 is 11.3 Å². The second-order valence-corrected chi connectivity index (χ2v) is 6.75. The number of nitrogens with zero attached hydrogens (tertiary/aromatic N) is 2. The molecule has 0 aliphatic carbocycles. The molecule has 0 bridgehead atoms. The normalized spacial score (nSPS) is 18.0. The van der Waals surface area contributed by atoms with Gasteiger partial charge in [-0.1, -0.05) is 0 Å². The molecule has 0 radical (unpaired) electrons. The summed E-state index contributed by atoms with van der Waals surface area (Å²) in [5, 5.41) is 5.92. The molecule has 2 aromatic rings. The molecule has 6 heteroatoms. The first-order chi connectivity index (χ1) is 11.1. The molecule has 1 N–H and O–H groups in total. The van der Waals surface area contributed by atoms with Crippen LogP contribution in [0.15, 0.2) is 29.6 Å². The zero-order valence-electron chi connectivity index (χ0n) is 13.1. The Labute approximate surface area is 139 Å². The van der Waals surface area contributed by atoms with Crippen molar-refractivity contribution in [2.24, 2.45) is 5.92 Å². The molecule has 1 atom stereocenters. The fourth-order valence-corrected chi connectivity index (χ4v) is 3.73. The van der Waals surface area contributed by atoms with Gasteiger partial charge in [0.25, 0.3) is 0 Å². The Bertz CT molecular complexity index is 671. The van der Waals surface area contributed by atoms with E-state index in [0.29, 0.717) is 5.92 Å². The highest BCUT2D eigenvalue weighted by atomic mass is 32.1. The van der Waals surface area contributed by atoms with E-state index >= 15 is 0 Å². The Morgan fingerprint density at radius 1 is 1.43 bits per heavy atom. The maximum atomic E-state index is 13.0. The van der Waals surface area contributed by atoms with Crippen LogP contribution in [0.4, 0.5) is 9.52 Å². The van der Waals surface area contributed by atoms with Crippen LogP contribution in [0.5, 0.6) is 0 Å². The predicted molar refractivity (Wildman–Crippen MR) is 91.1 cm³/mol. The molecule has 122 valence electrons. The van der Waals surface area contributed by atoms with E-state index in [2.05, 4.69) is 10.2 Å². The van der Waals surface area contributed by atoms with Gasteiger partial charge in [-0.15, -0.1) is 11.3 Å². The van der Waals surface area contributed by atoms with Crippen LogP contribution in [0.25, 0.3) is 11.3 Å². The number of carbonyl (C=O) groups excluding carboxylic acids is 1. The largest absolute Gasteiger partial charge is 0.356 e. The van der Waals surface area contributed by atoms with E-state index in [1.165, 1.54) is 12.1 Å². The summed E-state index contributed by atoms with van der Waals surface area (Å²) in [6, 6.07) is 6.42. The third kappa shape index (κ3) is 4.07. The second-order valence-electron chi connectivity index (χ2n) is 5.91. The standard InChI is InChI=1S/C17H20FN3OS/c1-12(22)19-9-13-3-2-8-21(10-13)17-20-16(11-23-17)14-4-6-15(18)7-5-14/h4-7,11,13H,2-3,8-10H2,1H3,(H,19,22). The molecule has 1 amide bonds. The molecule has 0 saturated carbocycles. The Morgan fingerprint density at radius 2 is 2.22 bits per heavy atom. The van der Waals surface area contributed by atoms with Gasteiger partial charge in [-0.05, 0) is 43.0 Å². The molecule has 1 aromatic heterocycles. The third-order valence-corrected chi connectivity index (χ3v) is 4.96. The molecule has 0 spiro atoms. The Kier molecular flexibility index (Phi) is 4.91. The lowest BCUT2D eigenvalue weighted by atomic mass is 9.98. The van der Waals surface area contributed by atoms with Gasteiger partial charge in [-0.25, -0.2) is 9.37 Å². The summed E-state index contributed by atoms with van der Waals surface area (Å²) in [6.07, 6.45) is 2.24. The lowest BCUT2D eigenvalue weighted by molar-refractivity contribution is -0.119. The number of rotatable bonds is 4. The average Bonchev–Trinajstić information content (AvgIpc) is 3.04. The van der Waals surface area contributed by atoms with Crippen LogP contribution in [-0.4, -0.2) is 30.5 Å². The number of aromatic nitrogens is 1. The number of nitrogens with one attached hydrogen (secondary N) is 1. The number of anilines is 1. The maximum Gasteiger partial charge on any atom is 0.216 e. The molecular weight excluding hydrogens is 313 g/mol. The van der Waals surface area contributed by atoms with Crippen LogP contribution in [0.1, 0.15) is 19.8 Å². The predicted octanol–water partition coefficient (Wildman–Crippen LogP) is 3.30. The van der Waals surface area contributed by atoms with Crippen LogP contribution in [0.2, 0.25) is 0 Å². The molecule has 1 saturated heterocycles. The van der Waals surface area contributed by atoms with Crippen molar-refractivity contribution in [3.8, 4) is 11.3 Å². The van der Waals surface area contributed by atoms with Crippen molar-refractivity contribution in [2.75, 3.05) is 24.5 Å². The first-order valence-electron chi connectivity index (χ1n) is 7.82. The number of piperidine rings is 1. The van der Waals surface area contributed by atoms with Crippen molar-refractivity contribution >= 4 is 22.4 Å². The van der Waals surface area contributed by atoms with Crippen molar-refractivity contribution in [1.29, 1.82) is 0 Å². The van der Waals surface area contributed by atoms with Crippen LogP contribution < -0.4 is 10.2 Å². The third-order valence-electron chi connectivity index (χ3n) is 4.06. The number of hydrogen-bond donors (Lipinski definition) is 1. The number of halogens is 1. The monoisotopic (exact) mass is 333 g/mol. The first kappa shape index (κ1) is 15.9. The Hall–Kier alpha value is -1.95. The molecule has 1 fully saturated rings. The second kappa shape index (κ2) is 7.08. The lowest BCUT2D eigenvalue weighted by Crippen LogP contribution is -2.40. The van der Waals surface area contributed by atoms with E-state index in [4.69, 9.17) is 4.98 Å². The number of hydrogen-bond acceptors (Lipinski definition) is 4. The number of benzene rings is 1. The minimum absolute atomic E-state index is 0.0231. The summed E-state index contributed by atoms with van der Waals surface area (Å²) in [5.74, 6) is 0.252. The van der Waals surface area contributed by atoms with Gasteiger partial charge >= 0.3 is 0 Å². The molecule has 1 aliphatic rings. The van der Waals surface area contributed by atoms with Gasteiger partial charge < -0.3 is 10.2 Å². The molecular formula is C17H20FN3OS. The summed E-state index contributed by atoms with van der Waals surface area (Å²) < 4.78 is 13.0. The quantitative estimate of drug-likeness (QED) is 0.934. The average molecular weight is 333 g/mol. The van der Waals surface area contributed by atoms with Gasteiger partial charge in [0.05, 0.1) is 5.69 Å². The van der Waals surface area contributed by atoms with Gasteiger partial charge in [0.1, 0.15) is 5.82 Å². The molecule has 2 heterocycles. The van der Waals surface area contributed by atoms with Crippen molar-refractivity contribution in [3.63, 3.8) is 0 Å². The van der Waals surface area contributed by atoms with E-state index in [1.54, 1.807) is 30.4 Å². The van der Waals surface area contributed by atoms with Crippen LogP contribution in [0.3, 0.4) is 0 Å². The first-order valence-corrected chi connectivity index (χ1v) is 8.70. The molecule has 23 heavy (non-hydrogen) atoms. The summed E-state index contributed by atoms with van der Waals surface area (Å²) in [7, 11) is 0. The molecule has 1 unspecified atom stereocenters. The summed E-state index contributed by atoms with van der Waals surface area (Å²) in [6.45, 7) is 4.18. The fourth-order valence-electron chi connectivity index (χ4n) is 2.86. The van der Waals surface area contributed by atoms with Gasteiger partial charge in [0.2, 0.25) is 5.91 Å². The Morgan fingerprint density at radius 3 is 2.96 bits per heavy atom. The summed E-state index contributed by atoms with van der Waals surface area (Å²) in [5.41, 5.74) is 1.81. The summed E-state index contributed by atoms with van der Waals surface area (Å²) in [4.78, 5) is 18.0. The van der Waals surface area contributed by atoms with Crippen LogP contribution in [-0.2, 0) is 4.79 Å². The van der Waals surface area contributed by atoms with Crippen molar-refractivity contribution in [2.45, 2.75) is 19.8 Å². The van der Waals surface area contributed by atoms with Gasteiger partial charge in [-0.2, -0.15) is 0 Å². The van der Waals surface area contributed by atoms with Gasteiger partial charge in [0.15, 0.2) is 5.13 Å². The van der Waals surface area contributed by atoms with Crippen molar-refractivity contribution < 1.29 is 9.18 Å². The molecule has 1 aliphatic heterocycles. The molecule has 4 nitrogen and oxygen atoms in total.